The fourth-order valence-corrected chi connectivity index (χ4v) is 3.09. The van der Waals surface area contributed by atoms with E-state index in [-0.39, 0.29) is 11.8 Å². The Labute approximate surface area is 159 Å². The number of benzene rings is 1. The van der Waals surface area contributed by atoms with Gasteiger partial charge >= 0.3 is 0 Å². The van der Waals surface area contributed by atoms with Crippen molar-refractivity contribution in [3.63, 3.8) is 0 Å². The van der Waals surface area contributed by atoms with Gasteiger partial charge in [-0.3, -0.25) is 9.59 Å². The van der Waals surface area contributed by atoms with Gasteiger partial charge in [0, 0.05) is 57.9 Å². The third-order valence-electron chi connectivity index (χ3n) is 4.80. The SMILES string of the molecule is CCCCN(C)C(=O)CCN(C(C)=O)c1ccc(N(CC)CC)cc1C. The van der Waals surface area contributed by atoms with E-state index in [4.69, 9.17) is 0 Å². The average Bonchev–Trinajstić information content (AvgIpc) is 2.61. The molecule has 0 aliphatic carbocycles. The van der Waals surface area contributed by atoms with Crippen LogP contribution in [-0.2, 0) is 9.59 Å². The highest BCUT2D eigenvalue weighted by atomic mass is 16.2. The van der Waals surface area contributed by atoms with Crippen molar-refractivity contribution in [1.82, 2.24) is 4.90 Å². The van der Waals surface area contributed by atoms with Crippen LogP contribution in [0.4, 0.5) is 11.4 Å². The Morgan fingerprint density at radius 3 is 2.19 bits per heavy atom. The summed E-state index contributed by atoms with van der Waals surface area (Å²) in [6.45, 7) is 13.0. The molecule has 0 heterocycles. The first-order chi connectivity index (χ1) is 12.3. The molecule has 146 valence electrons. The smallest absolute Gasteiger partial charge is 0.224 e. The Hall–Kier alpha value is -2.04. The number of hydrogen-bond donors (Lipinski definition) is 0. The lowest BCUT2D eigenvalue weighted by atomic mass is 10.1. The molecule has 0 saturated heterocycles. The lowest BCUT2D eigenvalue weighted by molar-refractivity contribution is -0.129. The monoisotopic (exact) mass is 361 g/mol. The molecule has 0 fully saturated rings. The van der Waals surface area contributed by atoms with E-state index in [0.29, 0.717) is 13.0 Å². The van der Waals surface area contributed by atoms with E-state index >= 15 is 0 Å². The van der Waals surface area contributed by atoms with E-state index in [1.807, 2.05) is 20.0 Å². The molecule has 0 bridgehead atoms. The molecular formula is C21H35N3O2. The molecule has 0 aromatic heterocycles. The largest absolute Gasteiger partial charge is 0.372 e. The predicted molar refractivity (Wildman–Crippen MR) is 110 cm³/mol. The van der Waals surface area contributed by atoms with Gasteiger partial charge in [0.1, 0.15) is 0 Å². The van der Waals surface area contributed by atoms with E-state index in [0.717, 1.165) is 49.4 Å². The maximum atomic E-state index is 12.3. The third kappa shape index (κ3) is 6.04. The van der Waals surface area contributed by atoms with Crippen LogP contribution in [0.15, 0.2) is 18.2 Å². The zero-order valence-corrected chi connectivity index (χ0v) is 17.3. The van der Waals surface area contributed by atoms with Crippen molar-refractivity contribution in [2.45, 2.75) is 53.9 Å². The maximum Gasteiger partial charge on any atom is 0.224 e. The molecule has 0 spiro atoms. The van der Waals surface area contributed by atoms with Crippen molar-refractivity contribution in [3.8, 4) is 0 Å². The fourth-order valence-electron chi connectivity index (χ4n) is 3.09. The molecule has 1 rings (SSSR count). The van der Waals surface area contributed by atoms with E-state index in [2.05, 4.69) is 37.8 Å². The molecule has 0 aliphatic rings. The van der Waals surface area contributed by atoms with Gasteiger partial charge in [-0.05, 0) is 51.0 Å². The molecule has 5 nitrogen and oxygen atoms in total. The van der Waals surface area contributed by atoms with Crippen molar-refractivity contribution >= 4 is 23.2 Å². The second-order valence-corrected chi connectivity index (χ2v) is 6.73. The van der Waals surface area contributed by atoms with Crippen LogP contribution in [0.3, 0.4) is 0 Å². The highest BCUT2D eigenvalue weighted by Gasteiger charge is 2.17. The van der Waals surface area contributed by atoms with Crippen LogP contribution < -0.4 is 9.80 Å². The summed E-state index contributed by atoms with van der Waals surface area (Å²) in [5.41, 5.74) is 3.10. The van der Waals surface area contributed by atoms with Crippen molar-refractivity contribution in [2.75, 3.05) is 43.0 Å². The van der Waals surface area contributed by atoms with Crippen LogP contribution in [0.5, 0.6) is 0 Å². The first-order valence-electron chi connectivity index (χ1n) is 9.73. The zero-order valence-electron chi connectivity index (χ0n) is 17.3. The van der Waals surface area contributed by atoms with Gasteiger partial charge in [-0.15, -0.1) is 0 Å². The summed E-state index contributed by atoms with van der Waals surface area (Å²) in [4.78, 5) is 30.2. The summed E-state index contributed by atoms with van der Waals surface area (Å²) in [5.74, 6) is 0.0508. The van der Waals surface area contributed by atoms with Crippen LogP contribution in [0.2, 0.25) is 0 Å². The molecule has 1 aromatic rings. The Morgan fingerprint density at radius 1 is 1.04 bits per heavy atom. The highest BCUT2D eigenvalue weighted by molar-refractivity contribution is 5.93. The van der Waals surface area contributed by atoms with Gasteiger partial charge in [-0.1, -0.05) is 13.3 Å². The van der Waals surface area contributed by atoms with Crippen LogP contribution >= 0.6 is 0 Å². The maximum absolute atomic E-state index is 12.3. The minimum Gasteiger partial charge on any atom is -0.372 e. The number of rotatable bonds is 10. The summed E-state index contributed by atoms with van der Waals surface area (Å²) in [6.07, 6.45) is 2.41. The Morgan fingerprint density at radius 2 is 1.69 bits per heavy atom. The van der Waals surface area contributed by atoms with Gasteiger partial charge in [0.2, 0.25) is 11.8 Å². The topological polar surface area (TPSA) is 43.9 Å². The van der Waals surface area contributed by atoms with Crippen LogP contribution in [0, 0.1) is 6.92 Å². The first kappa shape index (κ1) is 22.0. The molecule has 5 heteroatoms. The lowest BCUT2D eigenvalue weighted by Crippen LogP contribution is -2.35. The molecule has 26 heavy (non-hydrogen) atoms. The van der Waals surface area contributed by atoms with Crippen molar-refractivity contribution in [1.29, 1.82) is 0 Å². The van der Waals surface area contributed by atoms with E-state index < -0.39 is 0 Å². The summed E-state index contributed by atoms with van der Waals surface area (Å²) < 4.78 is 0. The molecule has 0 unspecified atom stereocenters. The summed E-state index contributed by atoms with van der Waals surface area (Å²) in [6, 6.07) is 6.17. The van der Waals surface area contributed by atoms with Gasteiger partial charge in [0.15, 0.2) is 0 Å². The fraction of sp³-hybridized carbons (Fsp3) is 0.619. The number of aryl methyl sites for hydroxylation is 1. The number of nitrogens with zero attached hydrogens (tertiary/aromatic N) is 3. The number of carbonyl (C=O) groups is 2. The minimum atomic E-state index is -0.0345. The number of carbonyl (C=O) groups excluding carboxylic acids is 2. The lowest BCUT2D eigenvalue weighted by Gasteiger charge is -2.27. The standard InChI is InChI=1S/C21H35N3O2/c1-7-10-14-22(6)21(26)13-15-24(18(5)25)20-12-11-19(16-17(20)4)23(8-2)9-3/h11-12,16H,7-10,13-15H2,1-6H3. The summed E-state index contributed by atoms with van der Waals surface area (Å²) in [7, 11) is 1.83. The summed E-state index contributed by atoms with van der Waals surface area (Å²) in [5, 5.41) is 0. The molecule has 0 atom stereocenters. The van der Waals surface area contributed by atoms with E-state index in [1.165, 1.54) is 0 Å². The zero-order chi connectivity index (χ0) is 19.7. The summed E-state index contributed by atoms with van der Waals surface area (Å²) >= 11 is 0. The molecular weight excluding hydrogens is 326 g/mol. The molecule has 0 saturated carbocycles. The number of anilines is 2. The van der Waals surface area contributed by atoms with E-state index in [1.54, 1.807) is 16.7 Å². The number of amides is 2. The Kier molecular flexibility index (Phi) is 9.17. The highest BCUT2D eigenvalue weighted by Crippen LogP contribution is 2.26. The molecule has 0 aliphatic heterocycles. The average molecular weight is 362 g/mol. The first-order valence-corrected chi connectivity index (χ1v) is 9.73. The number of unbranched alkanes of at least 4 members (excludes halogenated alkanes) is 1. The van der Waals surface area contributed by atoms with Gasteiger partial charge in [0.05, 0.1) is 0 Å². The van der Waals surface area contributed by atoms with Gasteiger partial charge < -0.3 is 14.7 Å². The van der Waals surface area contributed by atoms with Crippen molar-refractivity contribution < 1.29 is 9.59 Å². The molecule has 0 radical (unpaired) electrons. The van der Waals surface area contributed by atoms with Crippen LogP contribution in [0.25, 0.3) is 0 Å². The minimum absolute atomic E-state index is 0.0345. The second kappa shape index (κ2) is 10.8. The third-order valence-corrected chi connectivity index (χ3v) is 4.80. The molecule has 1 aromatic carbocycles. The molecule has 2 amide bonds. The normalized spacial score (nSPS) is 10.5. The van der Waals surface area contributed by atoms with Crippen LogP contribution in [0.1, 0.15) is 52.5 Å². The Balaban J connectivity index is 2.87. The van der Waals surface area contributed by atoms with Gasteiger partial charge in [0.25, 0.3) is 0 Å². The van der Waals surface area contributed by atoms with Gasteiger partial charge in [-0.25, -0.2) is 0 Å². The van der Waals surface area contributed by atoms with Crippen molar-refractivity contribution in [3.05, 3.63) is 23.8 Å². The Bertz CT molecular complexity index is 597. The van der Waals surface area contributed by atoms with E-state index in [9.17, 15) is 9.59 Å². The predicted octanol–water partition coefficient (Wildman–Crippen LogP) is 3.84. The quantitative estimate of drug-likeness (QED) is 0.636. The van der Waals surface area contributed by atoms with Crippen molar-refractivity contribution in [2.24, 2.45) is 0 Å². The molecule has 0 N–H and O–H groups in total. The van der Waals surface area contributed by atoms with Crippen LogP contribution in [-0.4, -0.2) is 49.9 Å². The second-order valence-electron chi connectivity index (χ2n) is 6.73. The van der Waals surface area contributed by atoms with Gasteiger partial charge in [-0.2, -0.15) is 0 Å². The number of hydrogen-bond acceptors (Lipinski definition) is 3.